The number of aromatic carboxylic acids is 1. The highest BCUT2D eigenvalue weighted by atomic mass is 19.4. The van der Waals surface area contributed by atoms with Crippen LogP contribution in [0.3, 0.4) is 0 Å². The molecule has 1 heterocycles. The lowest BCUT2D eigenvalue weighted by atomic mass is 10.1. The molecule has 0 aromatic carbocycles. The van der Waals surface area contributed by atoms with Gasteiger partial charge in [-0.3, -0.25) is 0 Å². The zero-order valence-electron chi connectivity index (χ0n) is 8.29. The van der Waals surface area contributed by atoms with Crippen molar-refractivity contribution >= 4 is 5.97 Å². The normalized spacial score (nSPS) is 11.4. The van der Waals surface area contributed by atoms with E-state index < -0.39 is 41.1 Å². The molecule has 0 aliphatic heterocycles. The Balaban J connectivity index is 3.64. The van der Waals surface area contributed by atoms with Crippen LogP contribution in [0.2, 0.25) is 0 Å². The number of carboxylic acids is 1. The third-order valence-corrected chi connectivity index (χ3v) is 1.90. The van der Waals surface area contributed by atoms with Crippen LogP contribution < -0.4 is 0 Å². The molecule has 0 saturated carbocycles. The summed E-state index contributed by atoms with van der Waals surface area (Å²) >= 11 is 0. The first-order chi connectivity index (χ1) is 8.18. The second-order valence-corrected chi connectivity index (χ2v) is 3.03. The summed E-state index contributed by atoms with van der Waals surface area (Å²) in [4.78, 5) is 13.3. The van der Waals surface area contributed by atoms with Crippen molar-refractivity contribution in [2.75, 3.05) is 0 Å². The first kappa shape index (κ1) is 13.8. The Bertz CT molecular complexity index is 533. The molecule has 18 heavy (non-hydrogen) atoms. The standard InChI is InChI=1S/C9H3F5N2O2/c10-7(11)6-3(8(17)18)1-4(9(12,13)14)5(2-15)16-6/h1,7H,(H,17,18). The minimum absolute atomic E-state index is 0.0185. The summed E-state index contributed by atoms with van der Waals surface area (Å²) in [6.45, 7) is 0. The number of pyridine rings is 1. The summed E-state index contributed by atoms with van der Waals surface area (Å²) in [7, 11) is 0. The zero-order chi connectivity index (χ0) is 14.1. The first-order valence-electron chi connectivity index (χ1n) is 4.22. The molecule has 9 heteroatoms. The molecule has 96 valence electrons. The fraction of sp³-hybridized carbons (Fsp3) is 0.222. The predicted octanol–water partition coefficient (Wildman–Crippen LogP) is 2.61. The molecule has 0 bridgehead atoms. The SMILES string of the molecule is N#Cc1nc(C(F)F)c(C(=O)O)cc1C(F)(F)F. The van der Waals surface area contributed by atoms with E-state index >= 15 is 0 Å². The van der Waals surface area contributed by atoms with Gasteiger partial charge in [0, 0.05) is 0 Å². The molecule has 0 fully saturated rings. The van der Waals surface area contributed by atoms with Gasteiger partial charge in [0.2, 0.25) is 0 Å². The number of aromatic nitrogens is 1. The third-order valence-electron chi connectivity index (χ3n) is 1.90. The minimum Gasteiger partial charge on any atom is -0.478 e. The number of halogens is 5. The number of nitrogens with zero attached hydrogens (tertiary/aromatic N) is 2. The average molecular weight is 266 g/mol. The molecule has 0 aliphatic rings. The Morgan fingerprint density at radius 2 is 2.00 bits per heavy atom. The number of alkyl halides is 5. The maximum Gasteiger partial charge on any atom is 0.419 e. The third kappa shape index (κ3) is 2.53. The number of carbonyl (C=O) groups is 1. The number of nitriles is 1. The Hall–Kier alpha value is -2.24. The van der Waals surface area contributed by atoms with Crippen LogP contribution in [0.5, 0.6) is 0 Å². The molecule has 1 aromatic heterocycles. The molecule has 4 nitrogen and oxygen atoms in total. The predicted molar refractivity (Wildman–Crippen MR) is 45.9 cm³/mol. The van der Waals surface area contributed by atoms with E-state index in [1.807, 2.05) is 0 Å². The number of hydrogen-bond acceptors (Lipinski definition) is 3. The van der Waals surface area contributed by atoms with Crippen LogP contribution in [0.4, 0.5) is 22.0 Å². The van der Waals surface area contributed by atoms with E-state index in [0.29, 0.717) is 0 Å². The second kappa shape index (κ2) is 4.56. The highest BCUT2D eigenvalue weighted by Gasteiger charge is 2.37. The minimum atomic E-state index is -5.05. The van der Waals surface area contributed by atoms with E-state index in [0.717, 1.165) is 6.07 Å². The molecule has 0 amide bonds. The van der Waals surface area contributed by atoms with Crippen LogP contribution >= 0.6 is 0 Å². The van der Waals surface area contributed by atoms with Crippen molar-refractivity contribution in [3.63, 3.8) is 0 Å². The summed E-state index contributed by atoms with van der Waals surface area (Å²) in [6.07, 6.45) is -8.45. The summed E-state index contributed by atoms with van der Waals surface area (Å²) in [5.74, 6) is -1.98. The van der Waals surface area contributed by atoms with Gasteiger partial charge in [-0.1, -0.05) is 0 Å². The maximum atomic E-state index is 12.4. The highest BCUT2D eigenvalue weighted by Crippen LogP contribution is 2.34. The lowest BCUT2D eigenvalue weighted by Gasteiger charge is -2.11. The van der Waals surface area contributed by atoms with E-state index in [9.17, 15) is 26.7 Å². The van der Waals surface area contributed by atoms with Crippen LogP contribution in [0.1, 0.15) is 33.7 Å². The highest BCUT2D eigenvalue weighted by molar-refractivity contribution is 5.89. The lowest BCUT2D eigenvalue weighted by molar-refractivity contribution is -0.138. The first-order valence-corrected chi connectivity index (χ1v) is 4.22. The van der Waals surface area contributed by atoms with Crippen LogP contribution in [-0.2, 0) is 6.18 Å². The van der Waals surface area contributed by atoms with E-state index in [-0.39, 0.29) is 6.07 Å². The van der Waals surface area contributed by atoms with Crippen LogP contribution in [-0.4, -0.2) is 16.1 Å². The molecule has 0 saturated heterocycles. The molecule has 0 spiro atoms. The molecule has 0 unspecified atom stereocenters. The van der Waals surface area contributed by atoms with Crippen molar-refractivity contribution in [3.05, 3.63) is 28.6 Å². The average Bonchev–Trinajstić information content (AvgIpc) is 2.25. The molecule has 1 N–H and O–H groups in total. The van der Waals surface area contributed by atoms with Crippen molar-refractivity contribution in [2.24, 2.45) is 0 Å². The zero-order valence-corrected chi connectivity index (χ0v) is 8.29. The molecule has 0 aliphatic carbocycles. The largest absolute Gasteiger partial charge is 0.478 e. The van der Waals surface area contributed by atoms with Gasteiger partial charge in [0.15, 0.2) is 5.69 Å². The molecule has 1 aromatic rings. The monoisotopic (exact) mass is 266 g/mol. The molecular formula is C9H3F5N2O2. The van der Waals surface area contributed by atoms with Gasteiger partial charge in [-0.15, -0.1) is 0 Å². The van der Waals surface area contributed by atoms with Crippen molar-refractivity contribution in [1.29, 1.82) is 5.26 Å². The van der Waals surface area contributed by atoms with Crippen molar-refractivity contribution in [2.45, 2.75) is 12.6 Å². The Labute approximate surface area is 96.3 Å². The van der Waals surface area contributed by atoms with E-state index in [1.165, 1.54) is 0 Å². The quantitative estimate of drug-likeness (QED) is 0.835. The van der Waals surface area contributed by atoms with Gasteiger partial charge in [0.25, 0.3) is 6.43 Å². The van der Waals surface area contributed by atoms with Gasteiger partial charge in [-0.25, -0.2) is 18.6 Å². The Kier molecular flexibility index (Phi) is 3.50. The summed E-state index contributed by atoms with van der Waals surface area (Å²) < 4.78 is 62.2. The smallest absolute Gasteiger partial charge is 0.419 e. The number of rotatable bonds is 2. The van der Waals surface area contributed by atoms with Crippen LogP contribution in [0.25, 0.3) is 0 Å². The molecule has 1 rings (SSSR count). The lowest BCUT2D eigenvalue weighted by Crippen LogP contribution is -2.15. The van der Waals surface area contributed by atoms with E-state index in [2.05, 4.69) is 4.98 Å². The van der Waals surface area contributed by atoms with Crippen LogP contribution in [0.15, 0.2) is 6.07 Å². The maximum absolute atomic E-state index is 12.4. The van der Waals surface area contributed by atoms with Gasteiger partial charge < -0.3 is 5.11 Å². The van der Waals surface area contributed by atoms with Crippen molar-refractivity contribution < 1.29 is 31.9 Å². The van der Waals surface area contributed by atoms with Gasteiger partial charge in [-0.2, -0.15) is 18.4 Å². The molecule has 0 radical (unpaired) electrons. The van der Waals surface area contributed by atoms with Crippen molar-refractivity contribution in [1.82, 2.24) is 4.98 Å². The summed E-state index contributed by atoms with van der Waals surface area (Å²) in [6, 6.07) is 0.988. The Morgan fingerprint density at radius 1 is 1.44 bits per heavy atom. The van der Waals surface area contributed by atoms with Gasteiger partial charge in [-0.05, 0) is 6.07 Å². The fourth-order valence-electron chi connectivity index (χ4n) is 1.17. The molecular weight excluding hydrogens is 263 g/mol. The van der Waals surface area contributed by atoms with E-state index in [1.54, 1.807) is 0 Å². The van der Waals surface area contributed by atoms with Crippen molar-refractivity contribution in [3.8, 4) is 6.07 Å². The van der Waals surface area contributed by atoms with Gasteiger partial charge >= 0.3 is 12.1 Å². The second-order valence-electron chi connectivity index (χ2n) is 3.03. The summed E-state index contributed by atoms with van der Waals surface area (Å²) in [5, 5.41) is 17.0. The number of hydrogen-bond donors (Lipinski definition) is 1. The fourth-order valence-corrected chi connectivity index (χ4v) is 1.17. The van der Waals surface area contributed by atoms with Gasteiger partial charge in [0.05, 0.1) is 11.1 Å². The Morgan fingerprint density at radius 3 is 2.33 bits per heavy atom. The van der Waals surface area contributed by atoms with E-state index in [4.69, 9.17) is 10.4 Å². The van der Waals surface area contributed by atoms with Crippen LogP contribution in [0, 0.1) is 11.3 Å². The topological polar surface area (TPSA) is 74.0 Å². The summed E-state index contributed by atoms with van der Waals surface area (Å²) in [5.41, 5.74) is -5.60. The number of carboxylic acid groups (broad SMARTS) is 1. The van der Waals surface area contributed by atoms with Gasteiger partial charge in [0.1, 0.15) is 11.8 Å². The molecule has 0 atom stereocenters.